The number of hydrogen-bond donors (Lipinski definition) is 1. The lowest BCUT2D eigenvalue weighted by atomic mass is 9.81. The van der Waals surface area contributed by atoms with Gasteiger partial charge < -0.3 is 10.1 Å². The summed E-state index contributed by atoms with van der Waals surface area (Å²) in [7, 11) is 1.31. The Bertz CT molecular complexity index is 733. The molecule has 1 saturated carbocycles. The summed E-state index contributed by atoms with van der Waals surface area (Å²) in [6.07, 6.45) is 3.54. The Balaban J connectivity index is 1.57. The average Bonchev–Trinajstić information content (AvgIpc) is 3.11. The highest BCUT2D eigenvalue weighted by Crippen LogP contribution is 2.38. The predicted molar refractivity (Wildman–Crippen MR) is 95.8 cm³/mol. The molecule has 2 atom stereocenters. The van der Waals surface area contributed by atoms with Crippen LogP contribution >= 0.6 is 11.3 Å². The number of hydrogen-bond acceptors (Lipinski definition) is 6. The third-order valence-corrected chi connectivity index (χ3v) is 6.18. The molecule has 140 valence electrons. The molecule has 1 aromatic rings. The van der Waals surface area contributed by atoms with Crippen molar-refractivity contribution >= 4 is 40.0 Å². The molecule has 0 unspecified atom stereocenters. The number of amides is 3. The number of carbonyl (C=O) groups excluding carboxylic acids is 4. The average molecular weight is 378 g/mol. The summed E-state index contributed by atoms with van der Waals surface area (Å²) in [5, 5.41) is 3.26. The van der Waals surface area contributed by atoms with Crippen molar-refractivity contribution in [2.45, 2.75) is 39.0 Å². The predicted octanol–water partition coefficient (Wildman–Crippen LogP) is 2.35. The van der Waals surface area contributed by atoms with Gasteiger partial charge in [-0.1, -0.05) is 12.8 Å². The van der Waals surface area contributed by atoms with Gasteiger partial charge in [0.05, 0.1) is 23.9 Å². The van der Waals surface area contributed by atoms with Gasteiger partial charge in [-0.05, 0) is 31.4 Å². The molecule has 8 heteroatoms. The molecule has 0 bridgehead atoms. The van der Waals surface area contributed by atoms with Gasteiger partial charge >= 0.3 is 5.97 Å². The number of ether oxygens (including phenoxy) is 1. The number of aryl methyl sites for hydroxylation is 1. The molecule has 26 heavy (non-hydrogen) atoms. The Labute approximate surface area is 155 Å². The molecule has 1 aliphatic heterocycles. The normalized spacial score (nSPS) is 22.3. The van der Waals surface area contributed by atoms with Crippen LogP contribution < -0.4 is 5.32 Å². The molecule has 1 aliphatic carbocycles. The molecule has 1 N–H and O–H groups in total. The summed E-state index contributed by atoms with van der Waals surface area (Å²) < 4.78 is 4.70. The molecule has 1 saturated heterocycles. The third-order valence-electron chi connectivity index (χ3n) is 5.05. The summed E-state index contributed by atoms with van der Waals surface area (Å²) >= 11 is 1.14. The monoisotopic (exact) mass is 378 g/mol. The second kappa shape index (κ2) is 7.57. The minimum atomic E-state index is -0.441. The van der Waals surface area contributed by atoms with Crippen LogP contribution in [0.15, 0.2) is 6.07 Å². The second-order valence-electron chi connectivity index (χ2n) is 6.74. The number of rotatable bonds is 5. The summed E-state index contributed by atoms with van der Waals surface area (Å²) in [5.74, 6) is -1.38. The lowest BCUT2D eigenvalue weighted by Gasteiger charge is -2.19. The quantitative estimate of drug-likeness (QED) is 0.627. The first kappa shape index (κ1) is 18.6. The van der Waals surface area contributed by atoms with Gasteiger partial charge in [-0.3, -0.25) is 19.3 Å². The Morgan fingerprint density at radius 3 is 2.42 bits per heavy atom. The number of carbonyl (C=O) groups is 4. The van der Waals surface area contributed by atoms with Gasteiger partial charge in [0.25, 0.3) is 0 Å². The topological polar surface area (TPSA) is 92.8 Å². The van der Waals surface area contributed by atoms with E-state index in [1.807, 2.05) is 0 Å². The van der Waals surface area contributed by atoms with E-state index in [4.69, 9.17) is 4.74 Å². The molecular weight excluding hydrogens is 356 g/mol. The number of imide groups is 1. The second-order valence-corrected chi connectivity index (χ2v) is 7.79. The number of thiophene rings is 1. The fourth-order valence-electron chi connectivity index (χ4n) is 3.70. The van der Waals surface area contributed by atoms with Crippen LogP contribution in [0.1, 0.15) is 47.3 Å². The third kappa shape index (κ3) is 3.51. The highest BCUT2D eigenvalue weighted by molar-refractivity contribution is 7.18. The van der Waals surface area contributed by atoms with Gasteiger partial charge in [-0.25, -0.2) is 4.79 Å². The van der Waals surface area contributed by atoms with Crippen molar-refractivity contribution in [1.82, 2.24) is 4.90 Å². The zero-order valence-electron chi connectivity index (χ0n) is 14.9. The number of nitrogens with one attached hydrogen (secondary N) is 1. The minimum absolute atomic E-state index is 0.0431. The Morgan fingerprint density at radius 2 is 1.85 bits per heavy atom. The first-order valence-electron chi connectivity index (χ1n) is 8.76. The number of anilines is 1. The highest BCUT2D eigenvalue weighted by Gasteiger charge is 2.47. The standard InChI is InChI=1S/C18H22N2O5S/c1-10-9-14(26-15(10)18(24)25-2)19-13(21)7-8-20-16(22)11-5-3-4-6-12(11)17(20)23/h9,11-12H,3-8H2,1-2H3,(H,19,21)/t11-,12+. The van der Waals surface area contributed by atoms with Crippen LogP contribution in [0, 0.1) is 18.8 Å². The van der Waals surface area contributed by atoms with Crippen molar-refractivity contribution in [3.05, 3.63) is 16.5 Å². The Hall–Kier alpha value is -2.22. The number of methoxy groups -OCH3 is 1. The molecule has 3 amide bonds. The smallest absolute Gasteiger partial charge is 0.348 e. The van der Waals surface area contributed by atoms with Crippen LogP contribution in [-0.2, 0) is 19.1 Å². The van der Waals surface area contributed by atoms with Gasteiger partial charge in [-0.15, -0.1) is 11.3 Å². The first-order chi connectivity index (χ1) is 12.4. The van der Waals surface area contributed by atoms with Crippen molar-refractivity contribution in [3.8, 4) is 0 Å². The van der Waals surface area contributed by atoms with E-state index in [-0.39, 0.29) is 42.5 Å². The fraction of sp³-hybridized carbons (Fsp3) is 0.556. The molecule has 2 fully saturated rings. The highest BCUT2D eigenvalue weighted by atomic mass is 32.1. The van der Waals surface area contributed by atoms with E-state index in [1.54, 1.807) is 13.0 Å². The van der Waals surface area contributed by atoms with E-state index < -0.39 is 5.97 Å². The lowest BCUT2D eigenvalue weighted by molar-refractivity contribution is -0.140. The molecule has 2 aliphatic rings. The van der Waals surface area contributed by atoms with Gasteiger partial charge in [0, 0.05) is 13.0 Å². The Morgan fingerprint density at radius 1 is 1.23 bits per heavy atom. The zero-order chi connectivity index (χ0) is 18.8. The summed E-state index contributed by atoms with van der Waals surface area (Å²) in [5.41, 5.74) is 0.728. The summed E-state index contributed by atoms with van der Waals surface area (Å²) in [4.78, 5) is 50.3. The largest absolute Gasteiger partial charge is 0.465 e. The molecule has 0 spiro atoms. The SMILES string of the molecule is COC(=O)c1sc(NC(=O)CCN2C(=O)[C@H]3CCCC[C@H]3C2=O)cc1C. The van der Waals surface area contributed by atoms with Crippen LogP contribution in [0.3, 0.4) is 0 Å². The van der Waals surface area contributed by atoms with E-state index in [0.717, 1.165) is 42.6 Å². The van der Waals surface area contributed by atoms with Crippen LogP contribution in [-0.4, -0.2) is 42.2 Å². The first-order valence-corrected chi connectivity index (χ1v) is 9.58. The van der Waals surface area contributed by atoms with Crippen LogP contribution in [0.4, 0.5) is 5.00 Å². The Kier molecular flexibility index (Phi) is 5.41. The number of likely N-dealkylation sites (tertiary alicyclic amines) is 1. The zero-order valence-corrected chi connectivity index (χ0v) is 15.7. The molecule has 1 aromatic heterocycles. The van der Waals surface area contributed by atoms with E-state index in [1.165, 1.54) is 12.0 Å². The van der Waals surface area contributed by atoms with Crippen molar-refractivity contribution in [2.75, 3.05) is 19.0 Å². The van der Waals surface area contributed by atoms with Crippen molar-refractivity contribution < 1.29 is 23.9 Å². The molecule has 0 aromatic carbocycles. The van der Waals surface area contributed by atoms with Gasteiger partial charge in [-0.2, -0.15) is 0 Å². The van der Waals surface area contributed by atoms with Crippen molar-refractivity contribution in [3.63, 3.8) is 0 Å². The maximum absolute atomic E-state index is 12.4. The fourth-order valence-corrected chi connectivity index (χ4v) is 4.71. The van der Waals surface area contributed by atoms with E-state index in [9.17, 15) is 19.2 Å². The van der Waals surface area contributed by atoms with Crippen molar-refractivity contribution in [1.29, 1.82) is 0 Å². The molecule has 0 radical (unpaired) electrons. The number of nitrogens with zero attached hydrogens (tertiary/aromatic N) is 1. The van der Waals surface area contributed by atoms with Gasteiger partial charge in [0.2, 0.25) is 17.7 Å². The van der Waals surface area contributed by atoms with E-state index in [2.05, 4.69) is 5.32 Å². The molecule has 2 heterocycles. The molecule has 3 rings (SSSR count). The van der Waals surface area contributed by atoms with E-state index in [0.29, 0.717) is 9.88 Å². The lowest BCUT2D eigenvalue weighted by Crippen LogP contribution is -2.34. The van der Waals surface area contributed by atoms with Crippen molar-refractivity contribution in [2.24, 2.45) is 11.8 Å². The van der Waals surface area contributed by atoms with Crippen LogP contribution in [0.25, 0.3) is 0 Å². The maximum atomic E-state index is 12.4. The summed E-state index contributed by atoms with van der Waals surface area (Å²) in [6.45, 7) is 1.87. The molecule has 7 nitrogen and oxygen atoms in total. The number of fused-ring (bicyclic) bond motifs is 1. The minimum Gasteiger partial charge on any atom is -0.465 e. The van der Waals surface area contributed by atoms with Gasteiger partial charge in [0.15, 0.2) is 0 Å². The van der Waals surface area contributed by atoms with Crippen LogP contribution in [0.2, 0.25) is 0 Å². The summed E-state index contributed by atoms with van der Waals surface area (Å²) in [6, 6.07) is 1.70. The maximum Gasteiger partial charge on any atom is 0.348 e. The number of esters is 1. The molecular formula is C18H22N2O5S. The van der Waals surface area contributed by atoms with Gasteiger partial charge in [0.1, 0.15) is 4.88 Å². The van der Waals surface area contributed by atoms with E-state index >= 15 is 0 Å². The van der Waals surface area contributed by atoms with Crippen LogP contribution in [0.5, 0.6) is 0 Å².